The Hall–Kier alpha value is -3.35. The minimum Gasteiger partial charge on any atom is -0.456 e. The van der Waals surface area contributed by atoms with E-state index in [-0.39, 0.29) is 5.56 Å². The number of hydrogen-bond acceptors (Lipinski definition) is 4. The third-order valence-corrected chi connectivity index (χ3v) is 7.16. The lowest BCUT2D eigenvalue weighted by atomic mass is 10.1. The summed E-state index contributed by atoms with van der Waals surface area (Å²) in [6.07, 6.45) is 6.20. The van der Waals surface area contributed by atoms with E-state index in [1.807, 2.05) is 48.7 Å². The average molecular weight is 473 g/mol. The van der Waals surface area contributed by atoms with Crippen LogP contribution in [0.2, 0.25) is 5.02 Å². The smallest absolute Gasteiger partial charge is 0.266 e. The van der Waals surface area contributed by atoms with Crippen molar-refractivity contribution in [2.24, 2.45) is 0 Å². The molecule has 0 unspecified atom stereocenters. The highest BCUT2D eigenvalue weighted by molar-refractivity contribution is 6.30. The van der Waals surface area contributed by atoms with E-state index in [9.17, 15) is 4.79 Å². The van der Waals surface area contributed by atoms with Crippen LogP contribution >= 0.6 is 11.6 Å². The topological polar surface area (TPSA) is 56.2 Å². The summed E-state index contributed by atoms with van der Waals surface area (Å²) in [5.41, 5.74) is 3.22. The van der Waals surface area contributed by atoms with Crippen LogP contribution in [0, 0.1) is 0 Å². The van der Waals surface area contributed by atoms with E-state index in [0.29, 0.717) is 27.8 Å². The van der Waals surface area contributed by atoms with Crippen LogP contribution in [0.1, 0.15) is 19.8 Å². The molecule has 1 atom stereocenters. The zero-order valence-electron chi connectivity index (χ0n) is 18.9. The van der Waals surface area contributed by atoms with Gasteiger partial charge in [0, 0.05) is 40.4 Å². The fraction of sp³-hybridized carbons (Fsp3) is 0.259. The number of pyridine rings is 1. The molecule has 0 spiro atoms. The van der Waals surface area contributed by atoms with Gasteiger partial charge in [0.25, 0.3) is 5.56 Å². The molecule has 5 aromatic rings. The molecule has 0 bridgehead atoms. The Labute approximate surface area is 202 Å². The van der Waals surface area contributed by atoms with Crippen molar-refractivity contribution >= 4 is 33.5 Å². The number of likely N-dealkylation sites (tertiary alicyclic amines) is 1. The van der Waals surface area contributed by atoms with Crippen molar-refractivity contribution in [2.75, 3.05) is 13.1 Å². The molecule has 1 aliphatic rings. The molecule has 1 saturated heterocycles. The van der Waals surface area contributed by atoms with Crippen molar-refractivity contribution in [1.82, 2.24) is 19.2 Å². The zero-order chi connectivity index (χ0) is 23.2. The minimum atomic E-state index is -0.115. The van der Waals surface area contributed by atoms with E-state index in [0.717, 1.165) is 35.2 Å². The van der Waals surface area contributed by atoms with Gasteiger partial charge in [-0.05, 0) is 80.9 Å². The van der Waals surface area contributed by atoms with E-state index in [4.69, 9.17) is 16.0 Å². The van der Waals surface area contributed by atoms with Crippen molar-refractivity contribution in [3.05, 3.63) is 82.4 Å². The number of benzene rings is 2. The Balaban J connectivity index is 1.31. The lowest BCUT2D eigenvalue weighted by Gasteiger charge is -2.20. The molecule has 6 nitrogen and oxygen atoms in total. The van der Waals surface area contributed by atoms with Crippen LogP contribution in [-0.2, 0) is 6.54 Å². The van der Waals surface area contributed by atoms with Crippen LogP contribution in [0.5, 0.6) is 0 Å². The first-order chi connectivity index (χ1) is 16.6. The highest BCUT2D eigenvalue weighted by atomic mass is 35.5. The molecule has 0 saturated carbocycles. The van der Waals surface area contributed by atoms with E-state index >= 15 is 0 Å². The van der Waals surface area contributed by atoms with Crippen LogP contribution in [0.25, 0.3) is 38.9 Å². The molecule has 2 aromatic carbocycles. The summed E-state index contributed by atoms with van der Waals surface area (Å²) in [5.74, 6) is 0.644. The fourth-order valence-electron chi connectivity index (χ4n) is 4.95. The van der Waals surface area contributed by atoms with Gasteiger partial charge in [-0.25, -0.2) is 0 Å². The van der Waals surface area contributed by atoms with E-state index < -0.39 is 0 Å². The third kappa shape index (κ3) is 3.73. The monoisotopic (exact) mass is 472 g/mol. The predicted octanol–water partition coefficient (Wildman–Crippen LogP) is 5.74. The number of rotatable bonds is 5. The van der Waals surface area contributed by atoms with Crippen molar-refractivity contribution in [3.8, 4) is 17.0 Å². The van der Waals surface area contributed by atoms with Gasteiger partial charge in [0.15, 0.2) is 0 Å². The van der Waals surface area contributed by atoms with Gasteiger partial charge in [0.1, 0.15) is 11.3 Å². The number of furan rings is 1. The van der Waals surface area contributed by atoms with Crippen molar-refractivity contribution in [2.45, 2.75) is 32.4 Å². The van der Waals surface area contributed by atoms with Crippen LogP contribution < -0.4 is 5.56 Å². The molecule has 0 aliphatic carbocycles. The van der Waals surface area contributed by atoms with E-state index in [1.165, 1.54) is 19.4 Å². The SMILES string of the molecule is C[C@H]1CCCN1CCn1ncc2cc(-n3ccc4oc(-c5ccc(Cl)cc5)cc4c3=O)ccc21. The lowest BCUT2D eigenvalue weighted by molar-refractivity contribution is 0.255. The largest absolute Gasteiger partial charge is 0.456 e. The Bertz CT molecular complexity index is 1550. The van der Waals surface area contributed by atoms with Gasteiger partial charge in [-0.15, -0.1) is 0 Å². The third-order valence-electron chi connectivity index (χ3n) is 6.91. The summed E-state index contributed by atoms with van der Waals surface area (Å²) in [6, 6.07) is 17.7. The second-order valence-corrected chi connectivity index (χ2v) is 9.46. The second kappa shape index (κ2) is 8.46. The highest BCUT2D eigenvalue weighted by Gasteiger charge is 2.20. The van der Waals surface area contributed by atoms with Gasteiger partial charge >= 0.3 is 0 Å². The maximum absolute atomic E-state index is 13.3. The lowest BCUT2D eigenvalue weighted by Crippen LogP contribution is -2.30. The fourth-order valence-corrected chi connectivity index (χ4v) is 5.07. The summed E-state index contributed by atoms with van der Waals surface area (Å²) in [5, 5.41) is 6.83. The Morgan fingerprint density at radius 1 is 1.09 bits per heavy atom. The van der Waals surface area contributed by atoms with Crippen molar-refractivity contribution in [1.29, 1.82) is 0 Å². The van der Waals surface area contributed by atoms with Gasteiger partial charge in [-0.1, -0.05) is 11.6 Å². The minimum absolute atomic E-state index is 0.115. The molecule has 0 amide bonds. The molecular formula is C27H25ClN4O2. The van der Waals surface area contributed by atoms with Crippen LogP contribution in [0.15, 0.2) is 76.2 Å². The maximum Gasteiger partial charge on any atom is 0.266 e. The molecule has 0 radical (unpaired) electrons. The number of fused-ring (bicyclic) bond motifs is 2. The first-order valence-corrected chi connectivity index (χ1v) is 12.1. The Morgan fingerprint density at radius 2 is 1.94 bits per heavy atom. The van der Waals surface area contributed by atoms with Gasteiger partial charge in [0.2, 0.25) is 0 Å². The zero-order valence-corrected chi connectivity index (χ0v) is 19.7. The molecule has 4 heterocycles. The first-order valence-electron chi connectivity index (χ1n) is 11.7. The predicted molar refractivity (Wildman–Crippen MR) is 136 cm³/mol. The van der Waals surface area contributed by atoms with E-state index in [2.05, 4.69) is 27.7 Å². The molecule has 7 heteroatoms. The standard InChI is InChI=1S/C27H25ClN4O2/c1-18-3-2-11-30(18)13-14-32-24-9-8-22(15-20(24)17-29-32)31-12-10-25-23(27(31)33)16-26(34-25)19-4-6-21(28)7-5-19/h4-10,12,15-18H,2-3,11,13-14H2,1H3/t18-/m0/s1. The first kappa shape index (κ1) is 21.2. The normalized spacial score (nSPS) is 16.7. The van der Waals surface area contributed by atoms with Gasteiger partial charge < -0.3 is 4.42 Å². The molecule has 1 fully saturated rings. The average Bonchev–Trinajstić information content (AvgIpc) is 3.56. The van der Waals surface area contributed by atoms with Gasteiger partial charge in [-0.2, -0.15) is 5.10 Å². The number of hydrogen-bond donors (Lipinski definition) is 0. The molecule has 172 valence electrons. The summed E-state index contributed by atoms with van der Waals surface area (Å²) in [7, 11) is 0. The van der Waals surface area contributed by atoms with Crippen molar-refractivity contribution < 1.29 is 4.42 Å². The number of nitrogens with zero attached hydrogens (tertiary/aromatic N) is 4. The quantitative estimate of drug-likeness (QED) is 0.327. The summed E-state index contributed by atoms with van der Waals surface area (Å²) >= 11 is 6.00. The van der Waals surface area contributed by atoms with Gasteiger partial charge in [-0.3, -0.25) is 18.9 Å². The van der Waals surface area contributed by atoms with Crippen LogP contribution in [-0.4, -0.2) is 38.4 Å². The molecule has 0 N–H and O–H groups in total. The van der Waals surface area contributed by atoms with Crippen LogP contribution in [0.4, 0.5) is 0 Å². The summed E-state index contributed by atoms with van der Waals surface area (Å²) in [4.78, 5) is 15.8. The summed E-state index contributed by atoms with van der Waals surface area (Å²) < 4.78 is 9.66. The van der Waals surface area contributed by atoms with E-state index in [1.54, 1.807) is 16.8 Å². The Morgan fingerprint density at radius 3 is 2.74 bits per heavy atom. The Kier molecular flexibility index (Phi) is 5.27. The van der Waals surface area contributed by atoms with Crippen molar-refractivity contribution in [3.63, 3.8) is 0 Å². The highest BCUT2D eigenvalue weighted by Crippen LogP contribution is 2.28. The number of aromatic nitrogens is 3. The second-order valence-electron chi connectivity index (χ2n) is 9.02. The number of halogens is 1. The van der Waals surface area contributed by atoms with Gasteiger partial charge in [0.05, 0.1) is 23.6 Å². The molecular weight excluding hydrogens is 448 g/mol. The molecule has 3 aromatic heterocycles. The summed E-state index contributed by atoms with van der Waals surface area (Å²) in [6.45, 7) is 5.34. The molecule has 1 aliphatic heterocycles. The molecule has 6 rings (SSSR count). The maximum atomic E-state index is 13.3. The molecule has 34 heavy (non-hydrogen) atoms. The van der Waals surface area contributed by atoms with Crippen LogP contribution in [0.3, 0.4) is 0 Å².